The Hall–Kier alpha value is 0.320. The van der Waals surface area contributed by atoms with Crippen LogP contribution in [0.2, 0.25) is 0 Å². The Bertz CT molecular complexity index is 117. The van der Waals surface area contributed by atoms with Gasteiger partial charge in [-0.3, -0.25) is 0 Å². The van der Waals surface area contributed by atoms with Gasteiger partial charge in [-0.15, -0.1) is 23.2 Å². The van der Waals surface area contributed by atoms with Gasteiger partial charge in [0.1, 0.15) is 0 Å². The van der Waals surface area contributed by atoms with E-state index in [9.17, 15) is 0 Å². The summed E-state index contributed by atoms with van der Waals surface area (Å²) in [6.45, 7) is 4.43. The van der Waals surface area contributed by atoms with Crippen LogP contribution < -0.4 is 0 Å². The molecule has 0 aromatic rings. The summed E-state index contributed by atoms with van der Waals surface area (Å²) in [5.74, 6) is 1.96. The number of hydrogen-bond donors (Lipinski definition) is 0. The third-order valence-electron chi connectivity index (χ3n) is 1.58. The van der Waals surface area contributed by atoms with Crippen LogP contribution >= 0.6 is 23.2 Å². The molecule has 0 aromatic heterocycles. The highest BCUT2D eigenvalue weighted by Gasteiger charge is 1.97. The predicted molar refractivity (Wildman–Crippen MR) is 53.6 cm³/mol. The lowest BCUT2D eigenvalue weighted by molar-refractivity contribution is 0.585. The van der Waals surface area contributed by atoms with Crippen LogP contribution in [0.15, 0.2) is 11.6 Å². The van der Waals surface area contributed by atoms with E-state index in [1.165, 1.54) is 12.0 Å². The van der Waals surface area contributed by atoms with E-state index in [0.29, 0.717) is 11.8 Å². The molecule has 66 valence electrons. The number of alkyl halides is 2. The van der Waals surface area contributed by atoms with Crippen LogP contribution in [0.25, 0.3) is 0 Å². The Morgan fingerprint density at radius 3 is 2.36 bits per heavy atom. The first kappa shape index (κ1) is 11.3. The van der Waals surface area contributed by atoms with Gasteiger partial charge in [-0.1, -0.05) is 25.5 Å². The molecule has 0 aliphatic heterocycles. The molecule has 0 fully saturated rings. The molecule has 0 bridgehead atoms. The minimum Gasteiger partial charge on any atom is -0.122 e. The van der Waals surface area contributed by atoms with Crippen LogP contribution in [0.5, 0.6) is 0 Å². The van der Waals surface area contributed by atoms with Gasteiger partial charge in [-0.05, 0) is 18.8 Å². The van der Waals surface area contributed by atoms with Crippen molar-refractivity contribution in [2.45, 2.75) is 26.7 Å². The lowest BCUT2D eigenvalue weighted by atomic mass is 10.0. The quantitative estimate of drug-likeness (QED) is 0.462. The highest BCUT2D eigenvalue weighted by atomic mass is 35.5. The molecule has 11 heavy (non-hydrogen) atoms. The summed E-state index contributed by atoms with van der Waals surface area (Å²) in [5.41, 5.74) is 1.27. The maximum atomic E-state index is 5.70. The number of halogens is 2. The lowest BCUT2D eigenvalue weighted by Gasteiger charge is -2.05. The number of hydrogen-bond acceptors (Lipinski definition) is 0. The van der Waals surface area contributed by atoms with Crippen LogP contribution in [0, 0.1) is 5.92 Å². The van der Waals surface area contributed by atoms with Crippen LogP contribution in [0.1, 0.15) is 26.7 Å². The topological polar surface area (TPSA) is 0 Å². The fourth-order valence-electron chi connectivity index (χ4n) is 0.807. The lowest BCUT2D eigenvalue weighted by Crippen LogP contribution is -1.92. The van der Waals surface area contributed by atoms with Crippen LogP contribution in [0.3, 0.4) is 0 Å². The van der Waals surface area contributed by atoms with Gasteiger partial charge < -0.3 is 0 Å². The molecule has 0 aliphatic rings. The minimum absolute atomic E-state index is 0.583. The Labute approximate surface area is 79.6 Å². The molecule has 0 aliphatic carbocycles. The summed E-state index contributed by atoms with van der Waals surface area (Å²) < 4.78 is 0. The fraction of sp³-hybridized carbons (Fsp3) is 0.778. The van der Waals surface area contributed by atoms with E-state index in [4.69, 9.17) is 23.2 Å². The molecule has 0 heterocycles. The summed E-state index contributed by atoms with van der Waals surface area (Å²) in [6.07, 6.45) is 4.31. The summed E-state index contributed by atoms with van der Waals surface area (Å²) in [4.78, 5) is 0. The molecule has 0 spiro atoms. The molecule has 0 radical (unpaired) electrons. The molecule has 0 N–H and O–H groups in total. The summed E-state index contributed by atoms with van der Waals surface area (Å²) in [5, 5.41) is 0. The minimum atomic E-state index is 0.583. The molecule has 0 rings (SSSR count). The Morgan fingerprint density at radius 2 is 2.00 bits per heavy atom. The fourth-order valence-corrected chi connectivity index (χ4v) is 1.27. The van der Waals surface area contributed by atoms with Gasteiger partial charge >= 0.3 is 0 Å². The second-order valence-corrected chi connectivity index (χ2v) is 3.66. The monoisotopic (exact) mass is 194 g/mol. The normalized spacial score (nSPS) is 12.6. The molecule has 0 atom stereocenters. The van der Waals surface area contributed by atoms with E-state index in [1.54, 1.807) is 0 Å². The largest absolute Gasteiger partial charge is 0.122 e. The SMILES string of the molecule is CC(C)CC/C(=C/CCl)CCl. The maximum absolute atomic E-state index is 5.70. The second-order valence-electron chi connectivity index (χ2n) is 3.08. The van der Waals surface area contributed by atoms with Gasteiger partial charge in [-0.25, -0.2) is 0 Å². The molecule has 0 saturated carbocycles. The van der Waals surface area contributed by atoms with Crippen molar-refractivity contribution < 1.29 is 0 Å². The zero-order valence-electron chi connectivity index (χ0n) is 7.24. The van der Waals surface area contributed by atoms with Gasteiger partial charge in [0.05, 0.1) is 0 Å². The molecule has 0 amide bonds. The van der Waals surface area contributed by atoms with Crippen LogP contribution in [-0.2, 0) is 0 Å². The van der Waals surface area contributed by atoms with Crippen molar-refractivity contribution in [3.05, 3.63) is 11.6 Å². The molecule has 0 aromatic carbocycles. The second kappa shape index (κ2) is 7.00. The van der Waals surface area contributed by atoms with Gasteiger partial charge in [0.2, 0.25) is 0 Å². The zero-order chi connectivity index (χ0) is 8.69. The highest BCUT2D eigenvalue weighted by molar-refractivity contribution is 6.20. The first-order valence-corrected chi connectivity index (χ1v) is 5.07. The van der Waals surface area contributed by atoms with Gasteiger partial charge in [-0.2, -0.15) is 0 Å². The van der Waals surface area contributed by atoms with Crippen molar-refractivity contribution in [2.24, 2.45) is 5.92 Å². The molecule has 2 heteroatoms. The van der Waals surface area contributed by atoms with E-state index >= 15 is 0 Å². The first-order valence-electron chi connectivity index (χ1n) is 4.00. The number of allylic oxidation sites excluding steroid dienone is 2. The average molecular weight is 195 g/mol. The summed E-state index contributed by atoms with van der Waals surface area (Å²) >= 11 is 11.3. The third kappa shape index (κ3) is 6.71. The van der Waals surface area contributed by atoms with E-state index in [2.05, 4.69) is 13.8 Å². The Kier molecular flexibility index (Phi) is 7.20. The Morgan fingerprint density at radius 1 is 1.36 bits per heavy atom. The molecule has 0 nitrogen and oxygen atoms in total. The van der Waals surface area contributed by atoms with Crippen molar-refractivity contribution in [3.8, 4) is 0 Å². The van der Waals surface area contributed by atoms with Crippen LogP contribution in [0.4, 0.5) is 0 Å². The van der Waals surface area contributed by atoms with E-state index in [1.807, 2.05) is 6.08 Å². The number of rotatable bonds is 5. The summed E-state index contributed by atoms with van der Waals surface area (Å²) in [6, 6.07) is 0. The summed E-state index contributed by atoms with van der Waals surface area (Å²) in [7, 11) is 0. The first-order chi connectivity index (χ1) is 5.20. The van der Waals surface area contributed by atoms with Crippen molar-refractivity contribution in [1.82, 2.24) is 0 Å². The smallest absolute Gasteiger partial charge is 0.0433 e. The predicted octanol–water partition coefficient (Wildman–Crippen LogP) is 3.83. The van der Waals surface area contributed by atoms with Gasteiger partial charge in [0.15, 0.2) is 0 Å². The Balaban J connectivity index is 3.61. The molecular formula is C9H16Cl2. The van der Waals surface area contributed by atoms with E-state index in [0.717, 1.165) is 12.3 Å². The average Bonchev–Trinajstić information content (AvgIpc) is 1.97. The molecule has 0 unspecified atom stereocenters. The van der Waals surface area contributed by atoms with Gasteiger partial charge in [0.25, 0.3) is 0 Å². The van der Waals surface area contributed by atoms with Crippen molar-refractivity contribution in [3.63, 3.8) is 0 Å². The maximum Gasteiger partial charge on any atom is 0.0433 e. The van der Waals surface area contributed by atoms with Gasteiger partial charge in [0, 0.05) is 11.8 Å². The zero-order valence-corrected chi connectivity index (χ0v) is 8.75. The van der Waals surface area contributed by atoms with Crippen molar-refractivity contribution >= 4 is 23.2 Å². The van der Waals surface area contributed by atoms with Crippen molar-refractivity contribution in [1.29, 1.82) is 0 Å². The van der Waals surface area contributed by atoms with E-state index in [-0.39, 0.29) is 0 Å². The molecular weight excluding hydrogens is 179 g/mol. The molecule has 0 saturated heterocycles. The third-order valence-corrected chi connectivity index (χ3v) is 2.08. The highest BCUT2D eigenvalue weighted by Crippen LogP contribution is 2.12. The van der Waals surface area contributed by atoms with Crippen LogP contribution in [-0.4, -0.2) is 11.8 Å². The standard InChI is InChI=1S/C9H16Cl2/c1-8(2)3-4-9(7-11)5-6-10/h5,8H,3-4,6-7H2,1-2H3/b9-5-. The van der Waals surface area contributed by atoms with Crippen molar-refractivity contribution in [2.75, 3.05) is 11.8 Å². The van der Waals surface area contributed by atoms with E-state index < -0.39 is 0 Å².